The van der Waals surface area contributed by atoms with Crippen LogP contribution in [0.4, 0.5) is 4.39 Å². The van der Waals surface area contributed by atoms with E-state index in [4.69, 9.17) is 0 Å². The third-order valence-electron chi connectivity index (χ3n) is 6.37. The zero-order valence-corrected chi connectivity index (χ0v) is 20.1. The number of hydrazine groups is 1. The SMILES string of the molecule is CCCCC1=Cc2ccc(F)cc2C2C=C(c3ccccc3)N(S(=O)(=O)c3ccc(C)cc3)N12. The van der Waals surface area contributed by atoms with Crippen molar-refractivity contribution < 1.29 is 12.8 Å². The molecule has 0 aromatic heterocycles. The molecule has 3 aromatic carbocycles. The van der Waals surface area contributed by atoms with Gasteiger partial charge in [0.05, 0.1) is 16.6 Å². The van der Waals surface area contributed by atoms with Gasteiger partial charge in [0.1, 0.15) is 5.82 Å². The van der Waals surface area contributed by atoms with Crippen molar-refractivity contribution in [2.45, 2.75) is 44.0 Å². The highest BCUT2D eigenvalue weighted by atomic mass is 32.2. The van der Waals surface area contributed by atoms with Crippen molar-refractivity contribution in [2.75, 3.05) is 0 Å². The topological polar surface area (TPSA) is 40.6 Å². The molecule has 5 rings (SSSR count). The molecule has 0 spiro atoms. The van der Waals surface area contributed by atoms with Crippen LogP contribution in [0.2, 0.25) is 0 Å². The lowest BCUT2D eigenvalue weighted by Crippen LogP contribution is -2.43. The Morgan fingerprint density at radius 1 is 0.971 bits per heavy atom. The second-order valence-corrected chi connectivity index (χ2v) is 10.5. The van der Waals surface area contributed by atoms with Gasteiger partial charge in [0.2, 0.25) is 0 Å². The van der Waals surface area contributed by atoms with E-state index in [-0.39, 0.29) is 10.7 Å². The van der Waals surface area contributed by atoms with Gasteiger partial charge in [-0.25, -0.2) is 4.39 Å². The molecule has 0 saturated heterocycles. The molecule has 1 atom stereocenters. The molecule has 6 heteroatoms. The van der Waals surface area contributed by atoms with Crippen molar-refractivity contribution in [3.05, 3.63) is 113 Å². The Bertz CT molecular complexity index is 1380. The lowest BCUT2D eigenvalue weighted by Gasteiger charge is -2.40. The largest absolute Gasteiger partial charge is 0.281 e. The van der Waals surface area contributed by atoms with Crippen LogP contribution in [0.15, 0.2) is 89.5 Å². The highest BCUT2D eigenvalue weighted by Gasteiger charge is 2.44. The minimum Gasteiger partial charge on any atom is -0.264 e. The Kier molecular flexibility index (Phi) is 5.78. The number of halogens is 1. The van der Waals surface area contributed by atoms with Crippen LogP contribution in [0.25, 0.3) is 11.8 Å². The fourth-order valence-electron chi connectivity index (χ4n) is 4.62. The smallest absolute Gasteiger partial charge is 0.264 e. The molecule has 4 nitrogen and oxygen atoms in total. The molecule has 0 amide bonds. The fourth-order valence-corrected chi connectivity index (χ4v) is 6.17. The van der Waals surface area contributed by atoms with Crippen LogP contribution in [0.1, 0.15) is 54.5 Å². The first-order valence-corrected chi connectivity index (χ1v) is 13.0. The van der Waals surface area contributed by atoms with Crippen LogP contribution in [0.5, 0.6) is 0 Å². The molecule has 0 aliphatic carbocycles. The highest BCUT2D eigenvalue weighted by Crippen LogP contribution is 2.48. The molecular weight excluding hydrogens is 447 g/mol. The number of unbranched alkanes of at least 4 members (excludes halogenated alkanes) is 1. The zero-order chi connectivity index (χ0) is 23.9. The lowest BCUT2D eigenvalue weighted by molar-refractivity contribution is 0.142. The second-order valence-electron chi connectivity index (χ2n) is 8.78. The van der Waals surface area contributed by atoms with E-state index in [1.165, 1.54) is 16.5 Å². The maximum atomic E-state index is 14.3. The van der Waals surface area contributed by atoms with Gasteiger partial charge in [-0.2, -0.15) is 12.8 Å². The van der Waals surface area contributed by atoms with Crippen molar-refractivity contribution in [3.63, 3.8) is 0 Å². The van der Waals surface area contributed by atoms with Crippen LogP contribution < -0.4 is 0 Å². The van der Waals surface area contributed by atoms with Crippen LogP contribution in [-0.4, -0.2) is 17.8 Å². The van der Waals surface area contributed by atoms with Gasteiger partial charge in [0.15, 0.2) is 0 Å². The fraction of sp³-hybridized carbons (Fsp3) is 0.214. The summed E-state index contributed by atoms with van der Waals surface area (Å²) < 4.78 is 44.0. The van der Waals surface area contributed by atoms with E-state index in [2.05, 4.69) is 6.92 Å². The third kappa shape index (κ3) is 3.82. The first kappa shape index (κ1) is 22.4. The van der Waals surface area contributed by atoms with E-state index in [1.54, 1.807) is 30.3 Å². The van der Waals surface area contributed by atoms with E-state index < -0.39 is 16.1 Å². The lowest BCUT2D eigenvalue weighted by atomic mass is 9.93. The highest BCUT2D eigenvalue weighted by molar-refractivity contribution is 7.89. The maximum Gasteiger partial charge on any atom is 0.281 e. The Hall–Kier alpha value is -3.38. The number of hydrogen-bond donors (Lipinski definition) is 0. The predicted octanol–water partition coefficient (Wildman–Crippen LogP) is 6.68. The number of aryl methyl sites for hydroxylation is 1. The molecule has 1 unspecified atom stereocenters. The summed E-state index contributed by atoms with van der Waals surface area (Å²) >= 11 is 0. The average molecular weight is 475 g/mol. The van der Waals surface area contributed by atoms with Gasteiger partial charge in [-0.1, -0.05) is 67.4 Å². The monoisotopic (exact) mass is 474 g/mol. The molecule has 0 radical (unpaired) electrons. The molecule has 2 heterocycles. The van der Waals surface area contributed by atoms with Crippen molar-refractivity contribution >= 4 is 21.8 Å². The number of fused-ring (bicyclic) bond motifs is 3. The summed E-state index contributed by atoms with van der Waals surface area (Å²) in [5.41, 5.74) is 4.94. The summed E-state index contributed by atoms with van der Waals surface area (Å²) in [4.78, 5) is 0.223. The molecule has 0 N–H and O–H groups in total. The molecule has 0 saturated carbocycles. The molecule has 3 aromatic rings. The van der Waals surface area contributed by atoms with Crippen molar-refractivity contribution in [3.8, 4) is 0 Å². The first-order chi connectivity index (χ1) is 16.4. The molecular formula is C28H27FN2O2S. The minimum atomic E-state index is -3.94. The standard InChI is InChI=1S/C28H27FN2O2S/c1-3-4-10-24-17-22-13-14-23(29)18-26(22)28-19-27(21-8-6-5-7-9-21)31(30(24)28)34(32,33)25-15-11-20(2)12-16-25/h5-9,11-19,28H,3-4,10H2,1-2H3. The second kappa shape index (κ2) is 8.76. The van der Waals surface area contributed by atoms with Gasteiger partial charge in [-0.15, -0.1) is 0 Å². The molecule has 174 valence electrons. The Balaban J connectivity index is 1.73. The average Bonchev–Trinajstić information content (AvgIpc) is 3.26. The van der Waals surface area contributed by atoms with Crippen molar-refractivity contribution in [1.82, 2.24) is 9.42 Å². The maximum absolute atomic E-state index is 14.3. The van der Waals surface area contributed by atoms with Crippen LogP contribution >= 0.6 is 0 Å². The number of benzene rings is 3. The van der Waals surface area contributed by atoms with Gasteiger partial charge in [0, 0.05) is 11.3 Å². The van der Waals surface area contributed by atoms with E-state index in [0.717, 1.165) is 47.2 Å². The van der Waals surface area contributed by atoms with E-state index in [1.807, 2.05) is 54.4 Å². The zero-order valence-electron chi connectivity index (χ0n) is 19.3. The summed E-state index contributed by atoms with van der Waals surface area (Å²) in [6, 6.07) is 20.7. The molecule has 2 aliphatic heterocycles. The van der Waals surface area contributed by atoms with Gasteiger partial charge in [-0.3, -0.25) is 5.01 Å². The van der Waals surface area contributed by atoms with Crippen molar-refractivity contribution in [2.24, 2.45) is 0 Å². The van der Waals surface area contributed by atoms with Gasteiger partial charge in [-0.05, 0) is 67.3 Å². The molecule has 2 aliphatic rings. The molecule has 34 heavy (non-hydrogen) atoms. The summed E-state index contributed by atoms with van der Waals surface area (Å²) in [5.74, 6) is -0.335. The van der Waals surface area contributed by atoms with Gasteiger partial charge >= 0.3 is 0 Å². The number of allylic oxidation sites excluding steroid dienone is 1. The summed E-state index contributed by atoms with van der Waals surface area (Å²) in [5, 5.41) is 1.84. The first-order valence-electron chi connectivity index (χ1n) is 11.6. The van der Waals surface area contributed by atoms with Crippen LogP contribution in [-0.2, 0) is 10.0 Å². The third-order valence-corrected chi connectivity index (χ3v) is 8.06. The number of sulfonamides is 1. The predicted molar refractivity (Wildman–Crippen MR) is 133 cm³/mol. The van der Waals surface area contributed by atoms with E-state index in [0.29, 0.717) is 5.70 Å². The van der Waals surface area contributed by atoms with Gasteiger partial charge in [0.25, 0.3) is 10.0 Å². The number of hydrogen-bond acceptors (Lipinski definition) is 3. The summed E-state index contributed by atoms with van der Waals surface area (Å²) in [6.07, 6.45) is 6.57. The summed E-state index contributed by atoms with van der Waals surface area (Å²) in [7, 11) is -3.94. The molecule has 0 bridgehead atoms. The number of nitrogens with zero attached hydrogens (tertiary/aromatic N) is 2. The van der Waals surface area contributed by atoms with Crippen molar-refractivity contribution in [1.29, 1.82) is 0 Å². The Morgan fingerprint density at radius 2 is 1.71 bits per heavy atom. The Morgan fingerprint density at radius 3 is 2.41 bits per heavy atom. The quantitative estimate of drug-likeness (QED) is 0.400. The summed E-state index contributed by atoms with van der Waals surface area (Å²) in [6.45, 7) is 4.04. The molecule has 0 fully saturated rings. The van der Waals surface area contributed by atoms with Crippen LogP contribution in [0, 0.1) is 12.7 Å². The van der Waals surface area contributed by atoms with E-state index >= 15 is 0 Å². The van der Waals surface area contributed by atoms with Gasteiger partial charge < -0.3 is 0 Å². The Labute approximate surface area is 200 Å². The van der Waals surface area contributed by atoms with Crippen LogP contribution in [0.3, 0.4) is 0 Å². The minimum absolute atomic E-state index is 0.223. The normalized spacial score (nSPS) is 17.2. The number of rotatable bonds is 6. The van der Waals surface area contributed by atoms with E-state index in [9.17, 15) is 12.8 Å².